The number of hydrogen-bond donors (Lipinski definition) is 2. The van der Waals surface area contributed by atoms with Crippen LogP contribution in [0.25, 0.3) is 0 Å². The highest BCUT2D eigenvalue weighted by atomic mass is 35.5. The molecule has 7 heteroatoms. The van der Waals surface area contributed by atoms with Gasteiger partial charge in [-0.15, -0.1) is 0 Å². The number of esters is 1. The first kappa shape index (κ1) is 17.1. The molecule has 2 rings (SSSR count). The average Bonchev–Trinajstić information content (AvgIpc) is 2.53. The van der Waals surface area contributed by atoms with Gasteiger partial charge in [0.1, 0.15) is 5.75 Å². The van der Waals surface area contributed by atoms with Crippen LogP contribution in [0.4, 0.5) is 5.69 Å². The van der Waals surface area contributed by atoms with Crippen molar-refractivity contribution in [2.45, 2.75) is 13.3 Å². The fourth-order valence-electron chi connectivity index (χ4n) is 1.72. The maximum Gasteiger partial charge on any atom is 0.310 e. The lowest BCUT2D eigenvalue weighted by Gasteiger charge is -2.08. The molecule has 2 aromatic carbocycles. The summed E-state index contributed by atoms with van der Waals surface area (Å²) < 4.78 is 5.03. The molecule has 0 atom stereocenters. The fraction of sp³-hybridized carbons (Fsp3) is 0.125. The molecule has 0 saturated heterocycles. The molecule has 0 aliphatic rings. The van der Waals surface area contributed by atoms with Gasteiger partial charge in [0.05, 0.1) is 10.0 Å². The van der Waals surface area contributed by atoms with Gasteiger partial charge >= 0.3 is 5.97 Å². The number of aromatic hydroxyl groups is 1. The monoisotopic (exact) mass is 353 g/mol. The normalized spacial score (nSPS) is 10.2. The number of carbonyl (C=O) groups excluding carboxylic acids is 2. The van der Waals surface area contributed by atoms with Gasteiger partial charge in [-0.3, -0.25) is 9.59 Å². The number of halogens is 2. The van der Waals surface area contributed by atoms with Crippen LogP contribution in [0.2, 0.25) is 10.0 Å². The zero-order chi connectivity index (χ0) is 17.0. The first-order valence-electron chi connectivity index (χ1n) is 6.70. The molecule has 0 aliphatic carbocycles. The van der Waals surface area contributed by atoms with Gasteiger partial charge in [-0.1, -0.05) is 30.1 Å². The molecule has 23 heavy (non-hydrogen) atoms. The average molecular weight is 354 g/mol. The Morgan fingerprint density at radius 3 is 2.22 bits per heavy atom. The number of benzene rings is 2. The van der Waals surface area contributed by atoms with Crippen molar-refractivity contribution in [1.29, 1.82) is 0 Å². The molecule has 0 unspecified atom stereocenters. The molecular formula is C16H13Cl2NO4. The second-order valence-electron chi connectivity index (χ2n) is 4.59. The molecule has 0 spiro atoms. The fourth-order valence-corrected chi connectivity index (χ4v) is 2.21. The molecule has 2 aromatic rings. The van der Waals surface area contributed by atoms with Crippen LogP contribution < -0.4 is 10.1 Å². The van der Waals surface area contributed by atoms with E-state index in [9.17, 15) is 14.7 Å². The van der Waals surface area contributed by atoms with E-state index in [1.807, 2.05) is 0 Å². The number of carbonyl (C=O) groups is 2. The lowest BCUT2D eigenvalue weighted by atomic mass is 10.2. The van der Waals surface area contributed by atoms with E-state index in [0.29, 0.717) is 17.0 Å². The molecule has 2 N–H and O–H groups in total. The first-order chi connectivity index (χ1) is 10.9. The topological polar surface area (TPSA) is 75.6 Å². The zero-order valence-electron chi connectivity index (χ0n) is 12.1. The minimum atomic E-state index is -0.392. The summed E-state index contributed by atoms with van der Waals surface area (Å²) in [6.07, 6.45) is 0.268. The van der Waals surface area contributed by atoms with Crippen LogP contribution in [0.3, 0.4) is 0 Å². The van der Waals surface area contributed by atoms with Gasteiger partial charge < -0.3 is 15.2 Å². The van der Waals surface area contributed by atoms with Gasteiger partial charge in [0, 0.05) is 17.7 Å². The number of phenols is 1. The summed E-state index contributed by atoms with van der Waals surface area (Å²) >= 11 is 11.6. The Kier molecular flexibility index (Phi) is 5.47. The highest BCUT2D eigenvalue weighted by Crippen LogP contribution is 2.34. The van der Waals surface area contributed by atoms with E-state index >= 15 is 0 Å². The lowest BCUT2D eigenvalue weighted by molar-refractivity contribution is -0.134. The number of hydrogen-bond acceptors (Lipinski definition) is 4. The summed E-state index contributed by atoms with van der Waals surface area (Å²) in [5, 5.41) is 12.2. The third kappa shape index (κ3) is 4.37. The Bertz CT molecular complexity index is 721. The maximum absolute atomic E-state index is 12.1. The van der Waals surface area contributed by atoms with E-state index < -0.39 is 5.91 Å². The summed E-state index contributed by atoms with van der Waals surface area (Å²) in [6, 6.07) is 8.88. The van der Waals surface area contributed by atoms with Crippen LogP contribution in [-0.4, -0.2) is 17.0 Å². The minimum absolute atomic E-state index is 0.0367. The van der Waals surface area contributed by atoms with Crippen molar-refractivity contribution < 1.29 is 19.4 Å². The van der Waals surface area contributed by atoms with Crippen LogP contribution >= 0.6 is 23.2 Å². The highest BCUT2D eigenvalue weighted by Gasteiger charge is 2.11. The number of rotatable bonds is 4. The van der Waals surface area contributed by atoms with E-state index in [2.05, 4.69) is 5.32 Å². The summed E-state index contributed by atoms with van der Waals surface area (Å²) in [7, 11) is 0. The van der Waals surface area contributed by atoms with E-state index in [0.717, 1.165) is 0 Å². The van der Waals surface area contributed by atoms with Crippen LogP contribution in [-0.2, 0) is 4.79 Å². The third-order valence-corrected chi connectivity index (χ3v) is 3.49. The second kappa shape index (κ2) is 7.35. The number of amides is 1. The summed E-state index contributed by atoms with van der Waals surface area (Å²) in [5.74, 6) is -0.621. The molecule has 0 aliphatic heterocycles. The molecule has 0 radical (unpaired) electrons. The summed E-state index contributed by atoms with van der Waals surface area (Å²) in [6.45, 7) is 1.69. The van der Waals surface area contributed by atoms with Crippen molar-refractivity contribution in [3.05, 3.63) is 52.0 Å². The molecule has 120 valence electrons. The van der Waals surface area contributed by atoms with Gasteiger partial charge in [-0.25, -0.2) is 0 Å². The van der Waals surface area contributed by atoms with Crippen molar-refractivity contribution in [2.24, 2.45) is 0 Å². The number of nitrogens with one attached hydrogen (secondary N) is 1. The van der Waals surface area contributed by atoms with Crippen LogP contribution in [0.15, 0.2) is 36.4 Å². The lowest BCUT2D eigenvalue weighted by Crippen LogP contribution is -2.12. The van der Waals surface area contributed by atoms with E-state index in [1.54, 1.807) is 6.92 Å². The van der Waals surface area contributed by atoms with E-state index in [1.165, 1.54) is 36.4 Å². The molecule has 0 fully saturated rings. The van der Waals surface area contributed by atoms with Crippen LogP contribution in [0.5, 0.6) is 11.5 Å². The van der Waals surface area contributed by atoms with Crippen molar-refractivity contribution >= 4 is 40.8 Å². The largest absolute Gasteiger partial charge is 0.505 e. The Morgan fingerprint density at radius 1 is 1.13 bits per heavy atom. The highest BCUT2D eigenvalue weighted by molar-refractivity contribution is 6.37. The molecule has 0 saturated carbocycles. The van der Waals surface area contributed by atoms with E-state index in [4.69, 9.17) is 27.9 Å². The van der Waals surface area contributed by atoms with Gasteiger partial charge in [-0.2, -0.15) is 0 Å². The van der Waals surface area contributed by atoms with Gasteiger partial charge in [0.25, 0.3) is 5.91 Å². The Morgan fingerprint density at radius 2 is 1.70 bits per heavy atom. The minimum Gasteiger partial charge on any atom is -0.505 e. The van der Waals surface area contributed by atoms with Crippen molar-refractivity contribution in [1.82, 2.24) is 0 Å². The predicted molar refractivity (Wildman–Crippen MR) is 88.4 cm³/mol. The zero-order valence-corrected chi connectivity index (χ0v) is 13.6. The SMILES string of the molecule is CCC(=O)Oc1ccc(C(=O)Nc2cc(Cl)c(O)c(Cl)c2)cc1. The van der Waals surface area contributed by atoms with Crippen LogP contribution in [0, 0.1) is 0 Å². The van der Waals surface area contributed by atoms with Gasteiger partial charge in [0.15, 0.2) is 5.75 Å². The number of anilines is 1. The van der Waals surface area contributed by atoms with Crippen molar-refractivity contribution in [2.75, 3.05) is 5.32 Å². The second-order valence-corrected chi connectivity index (χ2v) is 5.41. The van der Waals surface area contributed by atoms with Crippen molar-refractivity contribution in [3.63, 3.8) is 0 Å². The standard InChI is InChI=1S/C16H13Cl2NO4/c1-2-14(20)23-11-5-3-9(4-6-11)16(22)19-10-7-12(17)15(21)13(18)8-10/h3-8,21H,2H2,1H3,(H,19,22). The van der Waals surface area contributed by atoms with Gasteiger partial charge in [-0.05, 0) is 36.4 Å². The van der Waals surface area contributed by atoms with Crippen molar-refractivity contribution in [3.8, 4) is 11.5 Å². The van der Waals surface area contributed by atoms with Crippen LogP contribution in [0.1, 0.15) is 23.7 Å². The Balaban J connectivity index is 2.10. The molecule has 1 amide bonds. The smallest absolute Gasteiger partial charge is 0.310 e. The summed E-state index contributed by atoms with van der Waals surface area (Å²) in [4.78, 5) is 23.3. The Hall–Kier alpha value is -2.24. The third-order valence-electron chi connectivity index (χ3n) is 2.91. The number of ether oxygens (including phenoxy) is 1. The maximum atomic E-state index is 12.1. The molecule has 0 aromatic heterocycles. The quantitative estimate of drug-likeness (QED) is 0.489. The first-order valence-corrected chi connectivity index (χ1v) is 7.46. The van der Waals surface area contributed by atoms with E-state index in [-0.39, 0.29) is 28.2 Å². The van der Waals surface area contributed by atoms with Gasteiger partial charge in [0.2, 0.25) is 0 Å². The Labute approximate surface area is 142 Å². The molecule has 5 nitrogen and oxygen atoms in total. The number of phenolic OH excluding ortho intramolecular Hbond substituents is 1. The molecular weight excluding hydrogens is 341 g/mol. The molecule has 0 bridgehead atoms. The molecule has 0 heterocycles. The predicted octanol–water partition coefficient (Wildman–Crippen LogP) is 4.27. The summed E-state index contributed by atoms with van der Waals surface area (Å²) in [5.41, 5.74) is 0.714.